The fourth-order valence-electron chi connectivity index (χ4n) is 2.05. The molecule has 0 N–H and O–H groups in total. The number of fused-ring (bicyclic) bond motifs is 1. The third-order valence-electron chi connectivity index (χ3n) is 3.00. The summed E-state index contributed by atoms with van der Waals surface area (Å²) in [6.07, 6.45) is 0.666. The lowest BCUT2D eigenvalue weighted by Crippen LogP contribution is -1.96. The van der Waals surface area contributed by atoms with Gasteiger partial charge >= 0.3 is 0 Å². The van der Waals surface area contributed by atoms with E-state index in [0.717, 1.165) is 10.4 Å². The molecule has 0 fully saturated rings. The average molecular weight is 327 g/mol. The van der Waals surface area contributed by atoms with Crippen molar-refractivity contribution >= 4 is 45.4 Å². The van der Waals surface area contributed by atoms with Gasteiger partial charge in [0.1, 0.15) is 11.0 Å². The highest BCUT2D eigenvalue weighted by atomic mass is 35.5. The summed E-state index contributed by atoms with van der Waals surface area (Å²) in [5.74, 6) is 0.144. The van der Waals surface area contributed by atoms with Gasteiger partial charge in [0, 0.05) is 5.39 Å². The Kier molecular flexibility index (Phi) is 3.63. The number of benzene rings is 1. The van der Waals surface area contributed by atoms with E-state index in [1.54, 1.807) is 6.07 Å². The summed E-state index contributed by atoms with van der Waals surface area (Å²) < 4.78 is 13.6. The molecule has 0 unspecified atom stereocenters. The molecule has 0 spiro atoms. The maximum Gasteiger partial charge on any atom is 0.173 e. The van der Waals surface area contributed by atoms with Crippen molar-refractivity contribution in [3.63, 3.8) is 0 Å². The fraction of sp³-hybridized carbons (Fsp3) is 0.143. The molecule has 3 aromatic rings. The van der Waals surface area contributed by atoms with Gasteiger partial charge in [0.25, 0.3) is 0 Å². The highest BCUT2D eigenvalue weighted by molar-refractivity contribution is 7.14. The molecule has 6 heteroatoms. The summed E-state index contributed by atoms with van der Waals surface area (Å²) >= 11 is 13.7. The minimum Gasteiger partial charge on any atom is -0.227 e. The predicted octanol–water partition coefficient (Wildman–Crippen LogP) is 5.37. The number of nitrogens with zero attached hydrogens (tertiary/aromatic N) is 2. The molecule has 2 aromatic heterocycles. The molecule has 2 nitrogen and oxygen atoms in total. The maximum atomic E-state index is 13.6. The molecule has 0 amide bonds. The normalized spacial score (nSPS) is 11.2. The average Bonchev–Trinajstić information content (AvgIpc) is 2.85. The van der Waals surface area contributed by atoms with Crippen LogP contribution in [0.4, 0.5) is 4.39 Å². The van der Waals surface area contributed by atoms with E-state index >= 15 is 0 Å². The molecule has 3 rings (SSSR count). The number of rotatable bonds is 2. The van der Waals surface area contributed by atoms with Gasteiger partial charge in [-0.3, -0.25) is 0 Å². The van der Waals surface area contributed by atoms with E-state index in [-0.39, 0.29) is 11.0 Å². The van der Waals surface area contributed by atoms with Gasteiger partial charge in [-0.1, -0.05) is 30.1 Å². The van der Waals surface area contributed by atoms with Crippen molar-refractivity contribution in [3.8, 4) is 10.7 Å². The highest BCUT2D eigenvalue weighted by Gasteiger charge is 2.14. The Labute approximate surface area is 129 Å². The lowest BCUT2D eigenvalue weighted by atomic mass is 10.1. The molecule has 0 saturated heterocycles. The lowest BCUT2D eigenvalue weighted by Gasteiger charge is -2.07. The zero-order valence-corrected chi connectivity index (χ0v) is 12.8. The molecule has 0 aliphatic carbocycles. The van der Waals surface area contributed by atoms with E-state index < -0.39 is 0 Å². The molecule has 20 heavy (non-hydrogen) atoms. The highest BCUT2D eigenvalue weighted by Crippen LogP contribution is 2.34. The Morgan fingerprint density at radius 3 is 2.70 bits per heavy atom. The molecule has 0 atom stereocenters. The van der Waals surface area contributed by atoms with Crippen LogP contribution in [-0.2, 0) is 6.42 Å². The topological polar surface area (TPSA) is 25.8 Å². The minimum atomic E-state index is -0.332. The van der Waals surface area contributed by atoms with Gasteiger partial charge in [0.15, 0.2) is 5.82 Å². The second kappa shape index (κ2) is 5.28. The zero-order valence-electron chi connectivity index (χ0n) is 10.5. The number of hydrogen-bond donors (Lipinski definition) is 0. The van der Waals surface area contributed by atoms with Gasteiger partial charge in [-0.15, -0.1) is 11.3 Å². The van der Waals surface area contributed by atoms with E-state index in [4.69, 9.17) is 23.2 Å². The second-order valence-electron chi connectivity index (χ2n) is 4.25. The number of halogens is 3. The zero-order chi connectivity index (χ0) is 14.3. The number of aryl methyl sites for hydroxylation is 1. The first kappa shape index (κ1) is 13.7. The van der Waals surface area contributed by atoms with Crippen molar-refractivity contribution in [2.75, 3.05) is 0 Å². The van der Waals surface area contributed by atoms with Crippen LogP contribution in [0.3, 0.4) is 0 Å². The van der Waals surface area contributed by atoms with Gasteiger partial charge in [0.05, 0.1) is 15.4 Å². The van der Waals surface area contributed by atoms with Gasteiger partial charge < -0.3 is 0 Å². The Morgan fingerprint density at radius 2 is 2.05 bits per heavy atom. The molecule has 2 heterocycles. The maximum absolute atomic E-state index is 13.6. The van der Waals surface area contributed by atoms with Gasteiger partial charge in [-0.25, -0.2) is 14.4 Å². The van der Waals surface area contributed by atoms with Crippen molar-refractivity contribution in [3.05, 3.63) is 45.1 Å². The van der Waals surface area contributed by atoms with Gasteiger partial charge in [0.2, 0.25) is 0 Å². The smallest absolute Gasteiger partial charge is 0.173 e. The summed E-state index contributed by atoms with van der Waals surface area (Å²) in [5, 5.41) is 3.22. The van der Waals surface area contributed by atoms with Crippen LogP contribution in [-0.4, -0.2) is 9.97 Å². The van der Waals surface area contributed by atoms with Crippen LogP contribution in [0.5, 0.6) is 0 Å². The summed E-state index contributed by atoms with van der Waals surface area (Å²) in [5.41, 5.74) is 1.48. The minimum absolute atomic E-state index is 0.240. The molecule has 0 bridgehead atoms. The number of aromatic nitrogens is 2. The lowest BCUT2D eigenvalue weighted by molar-refractivity contribution is 0.627. The van der Waals surface area contributed by atoms with Crippen molar-refractivity contribution in [2.24, 2.45) is 0 Å². The standard InChI is InChI=1S/C14H9Cl2FN2S/c1-2-7-5-8(17)6-9-11(7)18-14(19-13(9)16)12-10(15)3-4-20-12/h3-6H,2H2,1H3. The summed E-state index contributed by atoms with van der Waals surface area (Å²) in [6.45, 7) is 1.95. The second-order valence-corrected chi connectivity index (χ2v) is 5.93. The van der Waals surface area contributed by atoms with Gasteiger partial charge in [-0.2, -0.15) is 0 Å². The van der Waals surface area contributed by atoms with Crippen LogP contribution in [0.15, 0.2) is 23.6 Å². The molecule has 0 aliphatic heterocycles. The monoisotopic (exact) mass is 326 g/mol. The van der Waals surface area contributed by atoms with E-state index in [1.165, 1.54) is 23.5 Å². The van der Waals surface area contributed by atoms with Crippen molar-refractivity contribution < 1.29 is 4.39 Å². The quantitative estimate of drug-likeness (QED) is 0.592. The Hall–Kier alpha value is -1.23. The first-order chi connectivity index (χ1) is 9.60. The number of hydrogen-bond acceptors (Lipinski definition) is 3. The SMILES string of the molecule is CCc1cc(F)cc2c(Cl)nc(-c3sccc3Cl)nc12. The molecular weight excluding hydrogens is 318 g/mol. The van der Waals surface area contributed by atoms with Gasteiger partial charge in [-0.05, 0) is 35.6 Å². The fourth-order valence-corrected chi connectivity index (χ4v) is 3.35. The van der Waals surface area contributed by atoms with Crippen LogP contribution in [0, 0.1) is 5.82 Å². The molecule has 0 saturated carbocycles. The van der Waals surface area contributed by atoms with Crippen LogP contribution in [0.2, 0.25) is 10.2 Å². The molecule has 0 aliphatic rings. The van der Waals surface area contributed by atoms with Crippen molar-refractivity contribution in [2.45, 2.75) is 13.3 Å². The third-order valence-corrected chi connectivity index (χ3v) is 4.62. The molecule has 1 aromatic carbocycles. The first-order valence-electron chi connectivity index (χ1n) is 5.99. The molecule has 0 radical (unpaired) electrons. The van der Waals surface area contributed by atoms with Crippen LogP contribution in [0.25, 0.3) is 21.6 Å². The molecular formula is C14H9Cl2FN2S. The van der Waals surface area contributed by atoms with E-state index in [9.17, 15) is 4.39 Å². The number of thiophene rings is 1. The summed E-state index contributed by atoms with van der Waals surface area (Å²) in [6, 6.07) is 4.62. The third kappa shape index (κ3) is 2.28. The Balaban J connectivity index is 2.33. The Bertz CT molecular complexity index is 801. The largest absolute Gasteiger partial charge is 0.227 e. The first-order valence-corrected chi connectivity index (χ1v) is 7.62. The van der Waals surface area contributed by atoms with Crippen LogP contribution >= 0.6 is 34.5 Å². The van der Waals surface area contributed by atoms with Crippen LogP contribution < -0.4 is 0 Å². The molecule has 102 valence electrons. The van der Waals surface area contributed by atoms with Crippen molar-refractivity contribution in [1.82, 2.24) is 9.97 Å². The van der Waals surface area contributed by atoms with E-state index in [1.807, 2.05) is 12.3 Å². The summed E-state index contributed by atoms with van der Waals surface area (Å²) in [4.78, 5) is 9.52. The van der Waals surface area contributed by atoms with Crippen molar-refractivity contribution in [1.29, 1.82) is 0 Å². The van der Waals surface area contributed by atoms with Crippen LogP contribution in [0.1, 0.15) is 12.5 Å². The predicted molar refractivity (Wildman–Crippen MR) is 82.2 cm³/mol. The summed E-state index contributed by atoms with van der Waals surface area (Å²) in [7, 11) is 0. The van der Waals surface area contributed by atoms with E-state index in [0.29, 0.717) is 28.2 Å². The van der Waals surface area contributed by atoms with E-state index in [2.05, 4.69) is 9.97 Å². The Morgan fingerprint density at radius 1 is 1.25 bits per heavy atom.